The van der Waals surface area contributed by atoms with Gasteiger partial charge in [0.15, 0.2) is 9.84 Å². The summed E-state index contributed by atoms with van der Waals surface area (Å²) in [4.78, 5) is 0. The second kappa shape index (κ2) is 6.06. The first-order chi connectivity index (χ1) is 8.98. The maximum Gasteiger partial charge on any atom is 0.151 e. The lowest BCUT2D eigenvalue weighted by Crippen LogP contribution is -2.35. The summed E-state index contributed by atoms with van der Waals surface area (Å²) in [6.45, 7) is 3.26. The van der Waals surface area contributed by atoms with Crippen molar-refractivity contribution in [2.24, 2.45) is 0 Å². The summed E-state index contributed by atoms with van der Waals surface area (Å²) in [5.41, 5.74) is 3.62. The number of fused-ring (bicyclic) bond motifs is 1. The molecule has 1 aliphatic carbocycles. The third kappa shape index (κ3) is 4.32. The number of nitrogens with one attached hydrogen (secondary N) is 1. The van der Waals surface area contributed by atoms with Crippen molar-refractivity contribution in [3.05, 3.63) is 34.9 Å². The molecule has 0 spiro atoms. The molecule has 1 atom stereocenters. The van der Waals surface area contributed by atoms with E-state index in [-0.39, 0.29) is 5.75 Å². The third-order valence-electron chi connectivity index (χ3n) is 3.61. The first-order valence-corrected chi connectivity index (χ1v) is 9.06. The highest BCUT2D eigenvalue weighted by Gasteiger charge is 2.18. The monoisotopic (exact) mass is 281 g/mol. The fourth-order valence-corrected chi connectivity index (χ4v) is 3.51. The lowest BCUT2D eigenvalue weighted by atomic mass is 9.87. The molecule has 4 heteroatoms. The Bertz CT molecular complexity index is 537. The Morgan fingerprint density at radius 2 is 2.11 bits per heavy atom. The van der Waals surface area contributed by atoms with Crippen LogP contribution in [0.5, 0.6) is 0 Å². The van der Waals surface area contributed by atoms with Gasteiger partial charge in [0.1, 0.15) is 0 Å². The van der Waals surface area contributed by atoms with Crippen molar-refractivity contribution in [3.63, 3.8) is 0 Å². The van der Waals surface area contributed by atoms with Crippen molar-refractivity contribution in [2.75, 3.05) is 12.8 Å². The molecule has 0 bridgehead atoms. The molecule has 3 nitrogen and oxygen atoms in total. The summed E-state index contributed by atoms with van der Waals surface area (Å²) in [5, 5.41) is 3.57. The minimum Gasteiger partial charge on any atom is -0.314 e. The number of rotatable bonds is 5. The maximum absolute atomic E-state index is 11.3. The predicted octanol–water partition coefficient (Wildman–Crippen LogP) is 2.09. The average molecular weight is 281 g/mol. The molecule has 1 aromatic carbocycles. The van der Waals surface area contributed by atoms with Crippen LogP contribution in [0.25, 0.3) is 0 Å². The molecule has 106 valence electrons. The first kappa shape index (κ1) is 14.5. The molecule has 0 aromatic heterocycles. The SMILES string of the molecule is CCCN[C@H]1CCc2cc(CS(C)(=O)=O)ccc2C1. The number of benzene rings is 1. The third-order valence-corrected chi connectivity index (χ3v) is 4.47. The Balaban J connectivity index is 2.07. The zero-order valence-corrected chi connectivity index (χ0v) is 12.6. The quantitative estimate of drug-likeness (QED) is 0.899. The van der Waals surface area contributed by atoms with Crippen molar-refractivity contribution in [2.45, 2.75) is 44.4 Å². The van der Waals surface area contributed by atoms with Crippen molar-refractivity contribution in [1.82, 2.24) is 5.32 Å². The highest BCUT2D eigenvalue weighted by atomic mass is 32.2. The van der Waals surface area contributed by atoms with E-state index in [0.717, 1.165) is 37.8 Å². The standard InChI is InChI=1S/C15H23NO2S/c1-3-8-16-15-7-6-13-9-12(11-19(2,17)18)4-5-14(13)10-15/h4-5,9,15-16H,3,6-8,10-11H2,1-2H3/t15-/m0/s1. The van der Waals surface area contributed by atoms with Gasteiger partial charge >= 0.3 is 0 Å². The molecule has 0 saturated carbocycles. The number of hydrogen-bond donors (Lipinski definition) is 1. The Morgan fingerprint density at radius 1 is 1.32 bits per heavy atom. The van der Waals surface area contributed by atoms with E-state index in [1.807, 2.05) is 6.07 Å². The van der Waals surface area contributed by atoms with Gasteiger partial charge in [0, 0.05) is 12.3 Å². The summed E-state index contributed by atoms with van der Waals surface area (Å²) in [6, 6.07) is 6.72. The molecule has 0 radical (unpaired) electrons. The van der Waals surface area contributed by atoms with E-state index in [0.29, 0.717) is 6.04 Å². The minimum absolute atomic E-state index is 0.151. The highest BCUT2D eigenvalue weighted by Crippen LogP contribution is 2.23. The predicted molar refractivity (Wildman–Crippen MR) is 79.1 cm³/mol. The van der Waals surface area contributed by atoms with E-state index in [1.165, 1.54) is 17.4 Å². The van der Waals surface area contributed by atoms with Gasteiger partial charge in [0.25, 0.3) is 0 Å². The van der Waals surface area contributed by atoms with Gasteiger partial charge in [-0.25, -0.2) is 8.42 Å². The van der Waals surface area contributed by atoms with Crippen LogP contribution < -0.4 is 5.32 Å². The van der Waals surface area contributed by atoms with Crippen LogP contribution in [-0.2, 0) is 28.4 Å². The van der Waals surface area contributed by atoms with E-state index >= 15 is 0 Å². The number of sulfone groups is 1. The highest BCUT2D eigenvalue weighted by molar-refractivity contribution is 7.89. The van der Waals surface area contributed by atoms with Crippen LogP contribution in [-0.4, -0.2) is 27.3 Å². The van der Waals surface area contributed by atoms with E-state index in [4.69, 9.17) is 0 Å². The molecular formula is C15H23NO2S. The van der Waals surface area contributed by atoms with Crippen LogP contribution in [0.2, 0.25) is 0 Å². The Hall–Kier alpha value is -0.870. The van der Waals surface area contributed by atoms with Gasteiger partial charge in [-0.05, 0) is 48.9 Å². The molecule has 0 amide bonds. The van der Waals surface area contributed by atoms with Crippen molar-refractivity contribution < 1.29 is 8.42 Å². The summed E-state index contributed by atoms with van der Waals surface area (Å²) in [7, 11) is -2.94. The molecule has 19 heavy (non-hydrogen) atoms. The normalized spacial score (nSPS) is 19.2. The van der Waals surface area contributed by atoms with E-state index in [1.54, 1.807) is 0 Å². The smallest absolute Gasteiger partial charge is 0.151 e. The van der Waals surface area contributed by atoms with Crippen molar-refractivity contribution >= 4 is 9.84 Å². The van der Waals surface area contributed by atoms with Crippen LogP contribution in [0.1, 0.15) is 36.5 Å². The average Bonchev–Trinajstić information content (AvgIpc) is 2.34. The van der Waals surface area contributed by atoms with Gasteiger partial charge in [0.2, 0.25) is 0 Å². The van der Waals surface area contributed by atoms with E-state index in [9.17, 15) is 8.42 Å². The lowest BCUT2D eigenvalue weighted by Gasteiger charge is -2.26. The molecule has 0 aliphatic heterocycles. The zero-order valence-electron chi connectivity index (χ0n) is 11.8. The zero-order chi connectivity index (χ0) is 13.9. The molecular weight excluding hydrogens is 258 g/mol. The fraction of sp³-hybridized carbons (Fsp3) is 0.600. The Kier molecular flexibility index (Phi) is 4.63. The van der Waals surface area contributed by atoms with Crippen LogP contribution in [0.3, 0.4) is 0 Å². The Labute approximate surface area is 116 Å². The number of hydrogen-bond acceptors (Lipinski definition) is 3. The molecule has 1 aromatic rings. The topological polar surface area (TPSA) is 46.2 Å². The number of aryl methyl sites for hydroxylation is 1. The molecule has 2 rings (SSSR count). The van der Waals surface area contributed by atoms with Crippen LogP contribution in [0, 0.1) is 0 Å². The Morgan fingerprint density at radius 3 is 2.79 bits per heavy atom. The first-order valence-electron chi connectivity index (χ1n) is 6.99. The molecule has 0 heterocycles. The van der Waals surface area contributed by atoms with Crippen molar-refractivity contribution in [3.8, 4) is 0 Å². The molecule has 0 unspecified atom stereocenters. The van der Waals surface area contributed by atoms with Crippen LogP contribution >= 0.6 is 0 Å². The van der Waals surface area contributed by atoms with Crippen molar-refractivity contribution in [1.29, 1.82) is 0 Å². The van der Waals surface area contributed by atoms with Gasteiger partial charge in [-0.15, -0.1) is 0 Å². The van der Waals surface area contributed by atoms with E-state index in [2.05, 4.69) is 24.4 Å². The summed E-state index contributed by atoms with van der Waals surface area (Å²) in [5.74, 6) is 0.151. The van der Waals surface area contributed by atoms with Gasteiger partial charge in [-0.1, -0.05) is 25.1 Å². The van der Waals surface area contributed by atoms with Crippen LogP contribution in [0.4, 0.5) is 0 Å². The minimum atomic E-state index is -2.94. The fourth-order valence-electron chi connectivity index (χ4n) is 2.72. The maximum atomic E-state index is 11.3. The molecule has 0 saturated heterocycles. The van der Waals surface area contributed by atoms with Gasteiger partial charge < -0.3 is 5.32 Å². The molecule has 0 fully saturated rings. The summed E-state index contributed by atoms with van der Waals surface area (Å²) >= 11 is 0. The second-order valence-electron chi connectivity index (χ2n) is 5.57. The largest absolute Gasteiger partial charge is 0.314 e. The lowest BCUT2D eigenvalue weighted by molar-refractivity contribution is 0.459. The van der Waals surface area contributed by atoms with Crippen LogP contribution in [0.15, 0.2) is 18.2 Å². The molecule has 1 aliphatic rings. The van der Waals surface area contributed by atoms with Gasteiger partial charge in [-0.3, -0.25) is 0 Å². The van der Waals surface area contributed by atoms with Gasteiger partial charge in [0.05, 0.1) is 5.75 Å². The summed E-state index contributed by atoms with van der Waals surface area (Å²) < 4.78 is 22.7. The second-order valence-corrected chi connectivity index (χ2v) is 7.71. The molecule has 1 N–H and O–H groups in total. The van der Waals surface area contributed by atoms with Gasteiger partial charge in [-0.2, -0.15) is 0 Å². The van der Waals surface area contributed by atoms with E-state index < -0.39 is 9.84 Å². The summed E-state index contributed by atoms with van der Waals surface area (Å²) in [6.07, 6.45) is 5.71.